The van der Waals surface area contributed by atoms with Crippen LogP contribution in [0.4, 0.5) is 5.69 Å². The first-order valence-electron chi connectivity index (χ1n) is 8.32. The summed E-state index contributed by atoms with van der Waals surface area (Å²) in [6.45, 7) is 4.15. The van der Waals surface area contributed by atoms with Crippen molar-refractivity contribution in [3.8, 4) is 0 Å². The molecule has 1 aliphatic rings. The quantitative estimate of drug-likeness (QED) is 0.714. The smallest absolute Gasteiger partial charge is 0.307 e. The van der Waals surface area contributed by atoms with E-state index in [1.54, 1.807) is 6.07 Å². The summed E-state index contributed by atoms with van der Waals surface area (Å²) in [5, 5.41) is 14.6. The van der Waals surface area contributed by atoms with Gasteiger partial charge in [-0.1, -0.05) is 26.0 Å². The number of nitrogens with one attached hydrogen (secondary N) is 2. The van der Waals surface area contributed by atoms with Crippen LogP contribution in [-0.4, -0.2) is 22.9 Å². The average molecular weight is 332 g/mol. The largest absolute Gasteiger partial charge is 0.481 e. The molecule has 0 saturated heterocycles. The number of rotatable bonds is 7. The molecular weight excluding hydrogens is 308 g/mol. The van der Waals surface area contributed by atoms with E-state index < -0.39 is 17.8 Å². The number of carboxylic acids is 1. The first-order valence-corrected chi connectivity index (χ1v) is 8.32. The predicted molar refractivity (Wildman–Crippen MR) is 90.2 cm³/mol. The molecule has 3 atom stereocenters. The van der Waals surface area contributed by atoms with Crippen LogP contribution in [0.15, 0.2) is 24.3 Å². The number of carboxylic acid groups (broad SMARTS) is 1. The van der Waals surface area contributed by atoms with Crippen molar-refractivity contribution in [1.82, 2.24) is 5.32 Å². The van der Waals surface area contributed by atoms with E-state index in [-0.39, 0.29) is 17.7 Å². The van der Waals surface area contributed by atoms with Crippen LogP contribution in [0.1, 0.15) is 38.7 Å². The Morgan fingerprint density at radius 1 is 1.25 bits per heavy atom. The molecule has 0 aromatic heterocycles. The van der Waals surface area contributed by atoms with Gasteiger partial charge in [-0.05, 0) is 37.0 Å². The monoisotopic (exact) mass is 332 g/mol. The van der Waals surface area contributed by atoms with Crippen molar-refractivity contribution in [2.75, 3.05) is 5.32 Å². The molecular formula is C18H24N2O4. The fourth-order valence-corrected chi connectivity index (χ4v) is 2.64. The Balaban J connectivity index is 1.89. The van der Waals surface area contributed by atoms with Crippen LogP contribution >= 0.6 is 0 Å². The van der Waals surface area contributed by atoms with Gasteiger partial charge < -0.3 is 15.7 Å². The zero-order valence-electron chi connectivity index (χ0n) is 14.0. The van der Waals surface area contributed by atoms with Gasteiger partial charge in [-0.25, -0.2) is 0 Å². The van der Waals surface area contributed by atoms with Crippen LogP contribution in [-0.2, 0) is 20.9 Å². The summed E-state index contributed by atoms with van der Waals surface area (Å²) in [6, 6.07) is 7.29. The fraction of sp³-hybridized carbons (Fsp3) is 0.500. The third-order valence-electron chi connectivity index (χ3n) is 4.65. The highest BCUT2D eigenvalue weighted by Crippen LogP contribution is 2.34. The Hall–Kier alpha value is -2.37. The third kappa shape index (κ3) is 4.34. The van der Waals surface area contributed by atoms with Gasteiger partial charge in [0.1, 0.15) is 0 Å². The van der Waals surface area contributed by atoms with Crippen LogP contribution in [0.5, 0.6) is 0 Å². The van der Waals surface area contributed by atoms with E-state index >= 15 is 0 Å². The molecule has 3 unspecified atom stereocenters. The minimum atomic E-state index is -0.906. The van der Waals surface area contributed by atoms with Gasteiger partial charge in [-0.2, -0.15) is 0 Å². The van der Waals surface area contributed by atoms with Crippen molar-refractivity contribution >= 4 is 23.5 Å². The topological polar surface area (TPSA) is 95.5 Å². The lowest BCUT2D eigenvalue weighted by Gasteiger charge is -2.31. The highest BCUT2D eigenvalue weighted by Gasteiger charge is 2.41. The maximum absolute atomic E-state index is 12.1. The molecule has 2 rings (SSSR count). The van der Waals surface area contributed by atoms with Crippen molar-refractivity contribution in [2.24, 2.45) is 17.8 Å². The van der Waals surface area contributed by atoms with Crippen LogP contribution in [0.3, 0.4) is 0 Å². The van der Waals surface area contributed by atoms with Crippen molar-refractivity contribution in [3.05, 3.63) is 29.8 Å². The Morgan fingerprint density at radius 3 is 2.54 bits per heavy atom. The number of carbonyl (C=O) groups excluding carboxylic acids is 2. The van der Waals surface area contributed by atoms with Gasteiger partial charge in [0.05, 0.1) is 11.8 Å². The third-order valence-corrected chi connectivity index (χ3v) is 4.65. The van der Waals surface area contributed by atoms with Crippen molar-refractivity contribution < 1.29 is 19.5 Å². The Bertz CT molecular complexity index is 629. The molecule has 1 aromatic carbocycles. The highest BCUT2D eigenvalue weighted by atomic mass is 16.4. The van der Waals surface area contributed by atoms with Crippen LogP contribution in [0, 0.1) is 17.8 Å². The zero-order valence-corrected chi connectivity index (χ0v) is 14.0. The molecule has 0 heterocycles. The van der Waals surface area contributed by atoms with Gasteiger partial charge in [0.2, 0.25) is 11.8 Å². The standard InChI is InChI=1S/C18H24N2O4/c1-3-11(2)16(21)20-13-6-4-5-12(9-13)10-19-17(22)14-7-8-15(14)18(23)24/h4-6,9,11,14-15H,3,7-8,10H2,1-2H3,(H,19,22)(H,20,21)(H,23,24). The van der Waals surface area contributed by atoms with E-state index in [2.05, 4.69) is 10.6 Å². The van der Waals surface area contributed by atoms with Gasteiger partial charge in [-0.3, -0.25) is 14.4 Å². The summed E-state index contributed by atoms with van der Waals surface area (Å²) < 4.78 is 0. The molecule has 0 spiro atoms. The van der Waals surface area contributed by atoms with Crippen LogP contribution in [0.2, 0.25) is 0 Å². The zero-order chi connectivity index (χ0) is 17.7. The second kappa shape index (κ2) is 7.95. The SMILES string of the molecule is CCC(C)C(=O)Nc1cccc(CNC(=O)C2CCC2C(=O)O)c1. The van der Waals surface area contributed by atoms with Crippen molar-refractivity contribution in [2.45, 2.75) is 39.7 Å². The second-order valence-corrected chi connectivity index (χ2v) is 6.35. The van der Waals surface area contributed by atoms with E-state index in [1.165, 1.54) is 0 Å². The number of hydrogen-bond acceptors (Lipinski definition) is 3. The Morgan fingerprint density at radius 2 is 1.96 bits per heavy atom. The van der Waals surface area contributed by atoms with Gasteiger partial charge in [0.15, 0.2) is 0 Å². The number of amides is 2. The molecule has 6 heteroatoms. The van der Waals surface area contributed by atoms with Gasteiger partial charge in [0, 0.05) is 18.2 Å². The summed E-state index contributed by atoms with van der Waals surface area (Å²) in [5.74, 6) is -2.21. The predicted octanol–water partition coefficient (Wildman–Crippen LogP) is 2.40. The van der Waals surface area contributed by atoms with Crippen molar-refractivity contribution in [3.63, 3.8) is 0 Å². The first-order chi connectivity index (χ1) is 11.4. The van der Waals surface area contributed by atoms with E-state index in [9.17, 15) is 14.4 Å². The lowest BCUT2D eigenvalue weighted by atomic mass is 9.73. The maximum atomic E-state index is 12.1. The number of hydrogen-bond donors (Lipinski definition) is 3. The van der Waals surface area contributed by atoms with Gasteiger partial charge in [-0.15, -0.1) is 0 Å². The van der Waals surface area contributed by atoms with Gasteiger partial charge >= 0.3 is 5.97 Å². The first kappa shape index (κ1) is 18.0. The minimum absolute atomic E-state index is 0.0301. The molecule has 1 aromatic rings. The normalized spacial score (nSPS) is 20.6. The Kier molecular flexibility index (Phi) is 5.95. The minimum Gasteiger partial charge on any atom is -0.481 e. The maximum Gasteiger partial charge on any atom is 0.307 e. The molecule has 0 radical (unpaired) electrons. The van der Waals surface area contributed by atoms with E-state index in [0.717, 1.165) is 12.0 Å². The molecule has 130 valence electrons. The second-order valence-electron chi connectivity index (χ2n) is 6.35. The van der Waals surface area contributed by atoms with E-state index in [4.69, 9.17) is 5.11 Å². The average Bonchev–Trinajstić information content (AvgIpc) is 2.50. The number of aliphatic carboxylic acids is 1. The molecule has 1 aliphatic carbocycles. The summed E-state index contributed by atoms with van der Waals surface area (Å²) in [7, 11) is 0. The molecule has 24 heavy (non-hydrogen) atoms. The van der Waals surface area contributed by atoms with Crippen LogP contribution in [0.25, 0.3) is 0 Å². The summed E-state index contributed by atoms with van der Waals surface area (Å²) in [4.78, 5) is 35.0. The van der Waals surface area contributed by atoms with Crippen LogP contribution < -0.4 is 10.6 Å². The van der Waals surface area contributed by atoms with Crippen molar-refractivity contribution in [1.29, 1.82) is 0 Å². The lowest BCUT2D eigenvalue weighted by Crippen LogP contribution is -2.43. The molecule has 2 amide bonds. The number of anilines is 1. The van der Waals surface area contributed by atoms with E-state index in [1.807, 2.05) is 32.0 Å². The lowest BCUT2D eigenvalue weighted by molar-refractivity contribution is -0.152. The Labute approximate surface area is 141 Å². The molecule has 3 N–H and O–H groups in total. The molecule has 0 aliphatic heterocycles. The summed E-state index contributed by atoms with van der Waals surface area (Å²) in [5.41, 5.74) is 1.55. The summed E-state index contributed by atoms with van der Waals surface area (Å²) in [6.07, 6.45) is 1.95. The molecule has 6 nitrogen and oxygen atoms in total. The number of benzene rings is 1. The molecule has 0 bridgehead atoms. The molecule has 1 fully saturated rings. The highest BCUT2D eigenvalue weighted by molar-refractivity contribution is 5.92. The van der Waals surface area contributed by atoms with E-state index in [0.29, 0.717) is 25.1 Å². The van der Waals surface area contributed by atoms with Gasteiger partial charge in [0.25, 0.3) is 0 Å². The fourth-order valence-electron chi connectivity index (χ4n) is 2.64. The molecule has 1 saturated carbocycles. The number of carbonyl (C=O) groups is 3. The summed E-state index contributed by atoms with van der Waals surface area (Å²) >= 11 is 0.